The summed E-state index contributed by atoms with van der Waals surface area (Å²) >= 11 is 0. The second-order valence-electron chi connectivity index (χ2n) is 5.19. The third kappa shape index (κ3) is 2.21. The van der Waals surface area contributed by atoms with Gasteiger partial charge in [-0.2, -0.15) is 0 Å². The number of pyridine rings is 1. The number of fused-ring (bicyclic) bond motifs is 2. The van der Waals surface area contributed by atoms with E-state index in [0.29, 0.717) is 0 Å². The van der Waals surface area contributed by atoms with Crippen molar-refractivity contribution in [2.45, 2.75) is 0 Å². The van der Waals surface area contributed by atoms with Gasteiger partial charge in [-0.1, -0.05) is 60.4 Å². The van der Waals surface area contributed by atoms with Crippen LogP contribution in [0.4, 0.5) is 0 Å². The monoisotopic (exact) mass is 279 g/mol. The molecule has 0 aliphatic carbocycles. The SMILES string of the molecule is C(#Cc1c2ccccc2cc2ccccc12)c1cccnc1. The molecule has 0 saturated heterocycles. The molecule has 1 nitrogen and oxygen atoms in total. The number of hydrogen-bond donors (Lipinski definition) is 0. The largest absolute Gasteiger partial charge is 0.263 e. The van der Waals surface area contributed by atoms with Crippen molar-refractivity contribution in [3.63, 3.8) is 0 Å². The third-order valence-corrected chi connectivity index (χ3v) is 3.76. The molecule has 0 spiro atoms. The van der Waals surface area contributed by atoms with E-state index in [1.165, 1.54) is 21.5 Å². The molecule has 0 fully saturated rings. The van der Waals surface area contributed by atoms with Crippen LogP contribution in [0.2, 0.25) is 0 Å². The lowest BCUT2D eigenvalue weighted by Crippen LogP contribution is -1.85. The minimum Gasteiger partial charge on any atom is -0.263 e. The Balaban J connectivity index is 2.03. The average molecular weight is 279 g/mol. The van der Waals surface area contributed by atoms with E-state index in [1.54, 1.807) is 12.4 Å². The second kappa shape index (κ2) is 5.35. The van der Waals surface area contributed by atoms with Gasteiger partial charge < -0.3 is 0 Å². The molecule has 0 bridgehead atoms. The highest BCUT2D eigenvalue weighted by atomic mass is 14.6. The fourth-order valence-electron chi connectivity index (χ4n) is 2.72. The summed E-state index contributed by atoms with van der Waals surface area (Å²) in [6.45, 7) is 0. The minimum absolute atomic E-state index is 0.930. The molecule has 0 aliphatic rings. The van der Waals surface area contributed by atoms with Crippen LogP contribution >= 0.6 is 0 Å². The lowest BCUT2D eigenvalue weighted by Gasteiger charge is -2.06. The molecule has 0 unspecified atom stereocenters. The van der Waals surface area contributed by atoms with Crippen molar-refractivity contribution in [1.29, 1.82) is 0 Å². The smallest absolute Gasteiger partial charge is 0.0432 e. The van der Waals surface area contributed by atoms with E-state index < -0.39 is 0 Å². The highest BCUT2D eigenvalue weighted by Gasteiger charge is 2.04. The molecular weight excluding hydrogens is 266 g/mol. The summed E-state index contributed by atoms with van der Waals surface area (Å²) in [5.41, 5.74) is 2.01. The molecule has 0 amide bonds. The maximum absolute atomic E-state index is 4.12. The molecular formula is C21H13N. The van der Waals surface area contributed by atoms with Gasteiger partial charge in [0.15, 0.2) is 0 Å². The van der Waals surface area contributed by atoms with Gasteiger partial charge in [-0.3, -0.25) is 4.98 Å². The fraction of sp³-hybridized carbons (Fsp3) is 0. The number of hydrogen-bond acceptors (Lipinski definition) is 1. The number of nitrogens with zero attached hydrogens (tertiary/aromatic N) is 1. The Morgan fingerprint density at radius 3 is 2.00 bits per heavy atom. The van der Waals surface area contributed by atoms with Crippen LogP contribution in [0, 0.1) is 11.8 Å². The zero-order valence-electron chi connectivity index (χ0n) is 12.0. The van der Waals surface area contributed by atoms with Gasteiger partial charge in [0.2, 0.25) is 0 Å². The average Bonchev–Trinajstić information content (AvgIpc) is 2.59. The molecule has 3 aromatic carbocycles. The molecule has 1 aromatic heterocycles. The van der Waals surface area contributed by atoms with Crippen molar-refractivity contribution >= 4 is 21.5 Å². The van der Waals surface area contributed by atoms with Gasteiger partial charge in [-0.15, -0.1) is 0 Å². The first kappa shape index (κ1) is 12.6. The molecule has 1 heteroatoms. The summed E-state index contributed by atoms with van der Waals surface area (Å²) in [6.07, 6.45) is 3.55. The van der Waals surface area contributed by atoms with Crippen LogP contribution in [-0.2, 0) is 0 Å². The van der Waals surface area contributed by atoms with E-state index in [-0.39, 0.29) is 0 Å². The molecule has 0 aliphatic heterocycles. The summed E-state index contributed by atoms with van der Waals surface area (Å²) in [5, 5.41) is 4.82. The van der Waals surface area contributed by atoms with Gasteiger partial charge in [-0.05, 0) is 39.7 Å². The summed E-state index contributed by atoms with van der Waals surface area (Å²) in [7, 11) is 0. The predicted octanol–water partition coefficient (Wildman–Crippen LogP) is 4.79. The summed E-state index contributed by atoms with van der Waals surface area (Å²) < 4.78 is 0. The Hall–Kier alpha value is -3.11. The summed E-state index contributed by atoms with van der Waals surface area (Å²) in [4.78, 5) is 4.12. The quantitative estimate of drug-likeness (QED) is 0.333. The minimum atomic E-state index is 0.930. The highest BCUT2D eigenvalue weighted by molar-refractivity contribution is 6.04. The topological polar surface area (TPSA) is 12.9 Å². The van der Waals surface area contributed by atoms with Gasteiger partial charge >= 0.3 is 0 Å². The van der Waals surface area contributed by atoms with Crippen LogP contribution in [0.15, 0.2) is 79.1 Å². The second-order valence-corrected chi connectivity index (χ2v) is 5.19. The van der Waals surface area contributed by atoms with Crippen molar-refractivity contribution in [1.82, 2.24) is 4.98 Å². The predicted molar refractivity (Wildman–Crippen MR) is 91.7 cm³/mol. The Morgan fingerprint density at radius 2 is 1.36 bits per heavy atom. The maximum Gasteiger partial charge on any atom is 0.0432 e. The first-order valence-electron chi connectivity index (χ1n) is 7.24. The van der Waals surface area contributed by atoms with Crippen molar-refractivity contribution < 1.29 is 0 Å². The first-order chi connectivity index (χ1) is 10.9. The van der Waals surface area contributed by atoms with Gasteiger partial charge in [0.1, 0.15) is 0 Å². The van der Waals surface area contributed by atoms with E-state index in [0.717, 1.165) is 11.1 Å². The number of aromatic nitrogens is 1. The first-order valence-corrected chi connectivity index (χ1v) is 7.24. The zero-order chi connectivity index (χ0) is 14.8. The molecule has 0 radical (unpaired) electrons. The van der Waals surface area contributed by atoms with Gasteiger partial charge in [0.25, 0.3) is 0 Å². The van der Waals surface area contributed by atoms with E-state index in [2.05, 4.69) is 71.4 Å². The highest BCUT2D eigenvalue weighted by Crippen LogP contribution is 2.27. The normalized spacial score (nSPS) is 10.4. The molecule has 1 heterocycles. The number of rotatable bonds is 0. The molecule has 0 saturated carbocycles. The van der Waals surface area contributed by atoms with Crippen molar-refractivity contribution in [3.05, 3.63) is 90.3 Å². The van der Waals surface area contributed by atoms with Crippen LogP contribution in [0.25, 0.3) is 21.5 Å². The number of benzene rings is 3. The fourth-order valence-corrected chi connectivity index (χ4v) is 2.72. The van der Waals surface area contributed by atoms with Crippen molar-refractivity contribution in [2.75, 3.05) is 0 Å². The Bertz CT molecular complexity index is 967. The van der Waals surface area contributed by atoms with E-state index in [4.69, 9.17) is 0 Å². The van der Waals surface area contributed by atoms with Crippen LogP contribution in [0.5, 0.6) is 0 Å². The lowest BCUT2D eigenvalue weighted by atomic mass is 9.97. The van der Waals surface area contributed by atoms with Crippen LogP contribution in [0.3, 0.4) is 0 Å². The molecule has 102 valence electrons. The maximum atomic E-state index is 4.12. The van der Waals surface area contributed by atoms with E-state index in [1.807, 2.05) is 12.1 Å². The lowest BCUT2D eigenvalue weighted by molar-refractivity contribution is 1.31. The third-order valence-electron chi connectivity index (χ3n) is 3.76. The Labute approximate surface area is 129 Å². The summed E-state index contributed by atoms with van der Waals surface area (Å²) in [5.74, 6) is 6.59. The van der Waals surface area contributed by atoms with Gasteiger partial charge in [0, 0.05) is 23.5 Å². The van der Waals surface area contributed by atoms with Crippen LogP contribution < -0.4 is 0 Å². The Kier molecular flexibility index (Phi) is 3.07. The van der Waals surface area contributed by atoms with Crippen LogP contribution in [0.1, 0.15) is 11.1 Å². The van der Waals surface area contributed by atoms with Crippen molar-refractivity contribution in [2.24, 2.45) is 0 Å². The molecule has 4 rings (SSSR count). The Morgan fingerprint density at radius 1 is 0.682 bits per heavy atom. The molecule has 22 heavy (non-hydrogen) atoms. The van der Waals surface area contributed by atoms with Crippen LogP contribution in [-0.4, -0.2) is 4.98 Å². The molecule has 0 N–H and O–H groups in total. The van der Waals surface area contributed by atoms with E-state index in [9.17, 15) is 0 Å². The van der Waals surface area contributed by atoms with E-state index >= 15 is 0 Å². The standard InChI is InChI=1S/C21H13N/c1-3-9-19-17(7-1)14-18-8-2-4-10-20(18)21(19)12-11-16-6-5-13-22-15-16/h1-10,13-15H. The van der Waals surface area contributed by atoms with Gasteiger partial charge in [0.05, 0.1) is 0 Å². The summed E-state index contributed by atoms with van der Waals surface area (Å²) in [6, 6.07) is 22.9. The molecule has 0 atom stereocenters. The van der Waals surface area contributed by atoms with Crippen molar-refractivity contribution in [3.8, 4) is 11.8 Å². The van der Waals surface area contributed by atoms with Gasteiger partial charge in [-0.25, -0.2) is 0 Å². The zero-order valence-corrected chi connectivity index (χ0v) is 12.0. The molecule has 4 aromatic rings.